The number of hydrogen-bond acceptors (Lipinski definition) is 3. The third kappa shape index (κ3) is 3.64. The minimum Gasteiger partial charge on any atom is -0.497 e. The molecular formula is C15H15BrO3. The van der Waals surface area contributed by atoms with Gasteiger partial charge in [0.25, 0.3) is 0 Å². The van der Waals surface area contributed by atoms with Crippen LogP contribution >= 0.6 is 15.9 Å². The Labute approximate surface area is 121 Å². The number of hydrogen-bond donors (Lipinski definition) is 0. The van der Waals surface area contributed by atoms with E-state index in [2.05, 4.69) is 15.9 Å². The lowest BCUT2D eigenvalue weighted by molar-refractivity contribution is 0.284. The first kappa shape index (κ1) is 13.7. The van der Waals surface area contributed by atoms with Crippen LogP contribution in [0.15, 0.2) is 46.9 Å². The number of halogens is 1. The van der Waals surface area contributed by atoms with E-state index < -0.39 is 0 Å². The third-order valence-electron chi connectivity index (χ3n) is 2.68. The van der Waals surface area contributed by atoms with Gasteiger partial charge in [0.15, 0.2) is 11.5 Å². The Balaban J connectivity index is 2.05. The molecule has 0 spiro atoms. The van der Waals surface area contributed by atoms with Gasteiger partial charge in [0.1, 0.15) is 12.4 Å². The van der Waals surface area contributed by atoms with Crippen LogP contribution in [0, 0.1) is 0 Å². The van der Waals surface area contributed by atoms with Gasteiger partial charge >= 0.3 is 0 Å². The van der Waals surface area contributed by atoms with E-state index in [9.17, 15) is 0 Å². The second-order valence-electron chi connectivity index (χ2n) is 3.93. The molecule has 0 N–H and O–H groups in total. The highest BCUT2D eigenvalue weighted by Crippen LogP contribution is 2.30. The molecule has 0 unspecified atom stereocenters. The van der Waals surface area contributed by atoms with Gasteiger partial charge in [0, 0.05) is 4.47 Å². The standard InChI is InChI=1S/C15H15BrO3/c1-17-13-6-3-11(4-7-13)10-19-14-8-5-12(16)9-15(14)18-2/h3-9H,10H2,1-2H3. The van der Waals surface area contributed by atoms with Crippen LogP contribution in [0.1, 0.15) is 5.56 Å². The van der Waals surface area contributed by atoms with E-state index in [1.165, 1.54) is 0 Å². The van der Waals surface area contributed by atoms with Crippen molar-refractivity contribution < 1.29 is 14.2 Å². The maximum absolute atomic E-state index is 5.76. The van der Waals surface area contributed by atoms with Crippen LogP contribution in [0.5, 0.6) is 17.2 Å². The Morgan fingerprint density at radius 3 is 2.26 bits per heavy atom. The minimum absolute atomic E-state index is 0.488. The summed E-state index contributed by atoms with van der Waals surface area (Å²) < 4.78 is 17.1. The van der Waals surface area contributed by atoms with Crippen LogP contribution in [-0.2, 0) is 6.61 Å². The highest BCUT2D eigenvalue weighted by atomic mass is 79.9. The molecule has 0 bridgehead atoms. The zero-order valence-corrected chi connectivity index (χ0v) is 12.4. The van der Waals surface area contributed by atoms with Crippen LogP contribution in [0.4, 0.5) is 0 Å². The molecule has 0 saturated carbocycles. The fourth-order valence-corrected chi connectivity index (χ4v) is 1.98. The molecule has 0 fully saturated rings. The van der Waals surface area contributed by atoms with Crippen molar-refractivity contribution in [3.8, 4) is 17.2 Å². The fourth-order valence-electron chi connectivity index (χ4n) is 1.64. The van der Waals surface area contributed by atoms with Crippen molar-refractivity contribution in [3.63, 3.8) is 0 Å². The lowest BCUT2D eigenvalue weighted by atomic mass is 10.2. The molecule has 2 aromatic rings. The van der Waals surface area contributed by atoms with E-state index in [-0.39, 0.29) is 0 Å². The van der Waals surface area contributed by atoms with E-state index in [0.29, 0.717) is 12.4 Å². The zero-order chi connectivity index (χ0) is 13.7. The van der Waals surface area contributed by atoms with Crippen molar-refractivity contribution in [1.29, 1.82) is 0 Å². The fraction of sp³-hybridized carbons (Fsp3) is 0.200. The third-order valence-corrected chi connectivity index (χ3v) is 3.17. The average Bonchev–Trinajstić information content (AvgIpc) is 2.46. The summed E-state index contributed by atoms with van der Waals surface area (Å²) in [7, 11) is 3.28. The Bertz CT molecular complexity index is 538. The minimum atomic E-state index is 0.488. The summed E-state index contributed by atoms with van der Waals surface area (Å²) in [5, 5.41) is 0. The van der Waals surface area contributed by atoms with Gasteiger partial charge in [-0.15, -0.1) is 0 Å². The summed E-state index contributed by atoms with van der Waals surface area (Å²) in [6, 6.07) is 13.5. The predicted octanol–water partition coefficient (Wildman–Crippen LogP) is 4.05. The van der Waals surface area contributed by atoms with Crippen molar-refractivity contribution in [2.45, 2.75) is 6.61 Å². The van der Waals surface area contributed by atoms with Gasteiger partial charge < -0.3 is 14.2 Å². The van der Waals surface area contributed by atoms with Crippen LogP contribution in [0.25, 0.3) is 0 Å². The lowest BCUT2D eigenvalue weighted by Gasteiger charge is -2.11. The zero-order valence-electron chi connectivity index (χ0n) is 10.9. The van der Waals surface area contributed by atoms with Crippen LogP contribution in [-0.4, -0.2) is 14.2 Å². The number of rotatable bonds is 5. The van der Waals surface area contributed by atoms with E-state index >= 15 is 0 Å². The smallest absolute Gasteiger partial charge is 0.161 e. The van der Waals surface area contributed by atoms with Crippen LogP contribution < -0.4 is 14.2 Å². The largest absolute Gasteiger partial charge is 0.497 e. The highest BCUT2D eigenvalue weighted by Gasteiger charge is 2.05. The van der Waals surface area contributed by atoms with E-state index in [1.807, 2.05) is 42.5 Å². The maximum Gasteiger partial charge on any atom is 0.161 e. The molecule has 0 aromatic heterocycles. The van der Waals surface area contributed by atoms with Crippen molar-refractivity contribution in [2.75, 3.05) is 14.2 Å². The Morgan fingerprint density at radius 1 is 0.895 bits per heavy atom. The number of benzene rings is 2. The molecule has 0 amide bonds. The summed E-state index contributed by atoms with van der Waals surface area (Å²) in [6.07, 6.45) is 0. The van der Waals surface area contributed by atoms with Gasteiger partial charge in [0.05, 0.1) is 14.2 Å². The molecule has 4 heteroatoms. The SMILES string of the molecule is COc1ccc(COc2ccc(Br)cc2OC)cc1. The molecule has 0 radical (unpaired) electrons. The second kappa shape index (κ2) is 6.48. The summed E-state index contributed by atoms with van der Waals surface area (Å²) in [5.41, 5.74) is 1.07. The van der Waals surface area contributed by atoms with E-state index in [1.54, 1.807) is 14.2 Å². The van der Waals surface area contributed by atoms with E-state index in [4.69, 9.17) is 14.2 Å². The summed E-state index contributed by atoms with van der Waals surface area (Å²) in [5.74, 6) is 2.27. The van der Waals surface area contributed by atoms with Gasteiger partial charge in [-0.3, -0.25) is 0 Å². The molecule has 0 saturated heterocycles. The molecule has 2 aromatic carbocycles. The van der Waals surface area contributed by atoms with Crippen molar-refractivity contribution in [1.82, 2.24) is 0 Å². The Morgan fingerprint density at radius 2 is 1.63 bits per heavy atom. The van der Waals surface area contributed by atoms with Crippen molar-refractivity contribution >= 4 is 15.9 Å². The van der Waals surface area contributed by atoms with Gasteiger partial charge in [-0.25, -0.2) is 0 Å². The van der Waals surface area contributed by atoms with Crippen LogP contribution in [0.3, 0.4) is 0 Å². The molecule has 0 aliphatic heterocycles. The molecule has 0 heterocycles. The summed E-state index contributed by atoms with van der Waals surface area (Å²) in [4.78, 5) is 0. The lowest BCUT2D eigenvalue weighted by Crippen LogP contribution is -1.97. The summed E-state index contributed by atoms with van der Waals surface area (Å²) in [6.45, 7) is 0.488. The average molecular weight is 323 g/mol. The molecule has 2 rings (SSSR count). The Hall–Kier alpha value is -1.68. The first-order valence-electron chi connectivity index (χ1n) is 5.82. The second-order valence-corrected chi connectivity index (χ2v) is 4.85. The molecule has 3 nitrogen and oxygen atoms in total. The first-order valence-corrected chi connectivity index (χ1v) is 6.61. The van der Waals surface area contributed by atoms with Crippen molar-refractivity contribution in [3.05, 3.63) is 52.5 Å². The molecule has 19 heavy (non-hydrogen) atoms. The van der Waals surface area contributed by atoms with Gasteiger partial charge in [-0.05, 0) is 35.9 Å². The van der Waals surface area contributed by atoms with E-state index in [0.717, 1.165) is 21.5 Å². The van der Waals surface area contributed by atoms with Crippen molar-refractivity contribution in [2.24, 2.45) is 0 Å². The van der Waals surface area contributed by atoms with Gasteiger partial charge in [0.2, 0.25) is 0 Å². The first-order chi connectivity index (χ1) is 9.22. The monoisotopic (exact) mass is 322 g/mol. The molecule has 100 valence electrons. The topological polar surface area (TPSA) is 27.7 Å². The van der Waals surface area contributed by atoms with Crippen LogP contribution in [0.2, 0.25) is 0 Å². The number of methoxy groups -OCH3 is 2. The number of ether oxygens (including phenoxy) is 3. The Kier molecular flexibility index (Phi) is 4.68. The maximum atomic E-state index is 5.76. The molecule has 0 aliphatic rings. The quantitative estimate of drug-likeness (QED) is 0.831. The van der Waals surface area contributed by atoms with Gasteiger partial charge in [-0.2, -0.15) is 0 Å². The molecule has 0 atom stereocenters. The normalized spacial score (nSPS) is 10.1. The predicted molar refractivity (Wildman–Crippen MR) is 78.0 cm³/mol. The molecular weight excluding hydrogens is 308 g/mol. The summed E-state index contributed by atoms with van der Waals surface area (Å²) >= 11 is 3.40. The van der Waals surface area contributed by atoms with Gasteiger partial charge in [-0.1, -0.05) is 28.1 Å². The highest BCUT2D eigenvalue weighted by molar-refractivity contribution is 9.10. The molecule has 0 aliphatic carbocycles.